The number of anilines is 1. The molecule has 1 N–H and O–H groups in total. The SMILES string of the molecule is C[n+]1ccccc1C1CCCC/C1=N/Nc1ccc([N+](=O)[O-])cc1[N+](=O)[O-].[I-]. The number of benzene rings is 1. The number of non-ortho nitro benzene ring substituents is 1. The van der Waals surface area contributed by atoms with Gasteiger partial charge in [-0.05, 0) is 25.3 Å². The van der Waals surface area contributed by atoms with E-state index in [2.05, 4.69) is 21.2 Å². The normalized spacial score (nSPS) is 17.6. The van der Waals surface area contributed by atoms with Crippen LogP contribution in [0.1, 0.15) is 37.3 Å². The van der Waals surface area contributed by atoms with Gasteiger partial charge in [-0.15, -0.1) is 0 Å². The summed E-state index contributed by atoms with van der Waals surface area (Å²) in [4.78, 5) is 20.8. The molecule has 0 aliphatic heterocycles. The summed E-state index contributed by atoms with van der Waals surface area (Å²) in [6.45, 7) is 0. The molecule has 0 amide bonds. The lowest BCUT2D eigenvalue weighted by molar-refractivity contribution is -0.679. The molecule has 1 saturated carbocycles. The van der Waals surface area contributed by atoms with Gasteiger partial charge in [-0.2, -0.15) is 5.10 Å². The van der Waals surface area contributed by atoms with E-state index in [9.17, 15) is 20.2 Å². The second-order valence-corrected chi connectivity index (χ2v) is 6.47. The minimum Gasteiger partial charge on any atom is -1.00 e. The molecule has 1 aromatic carbocycles. The number of rotatable bonds is 5. The molecule has 1 fully saturated rings. The maximum atomic E-state index is 11.3. The number of nitrogens with one attached hydrogen (secondary N) is 1. The summed E-state index contributed by atoms with van der Waals surface area (Å²) < 4.78 is 2.06. The molecule has 0 radical (unpaired) electrons. The molecule has 9 nitrogen and oxygen atoms in total. The predicted octanol–water partition coefficient (Wildman–Crippen LogP) is 0.457. The van der Waals surface area contributed by atoms with Gasteiger partial charge in [0.15, 0.2) is 11.9 Å². The van der Waals surface area contributed by atoms with Crippen LogP contribution in [0.15, 0.2) is 47.7 Å². The van der Waals surface area contributed by atoms with Gasteiger partial charge in [-0.1, -0.05) is 12.5 Å². The van der Waals surface area contributed by atoms with Crippen LogP contribution in [-0.2, 0) is 7.05 Å². The van der Waals surface area contributed by atoms with Gasteiger partial charge in [0.25, 0.3) is 5.69 Å². The molecular formula is C18H20IN5O4. The van der Waals surface area contributed by atoms with Crippen LogP contribution in [0.4, 0.5) is 17.1 Å². The third kappa shape index (κ3) is 4.80. The van der Waals surface area contributed by atoms with Crippen molar-refractivity contribution < 1.29 is 38.4 Å². The number of pyridine rings is 1. The van der Waals surface area contributed by atoms with Crippen LogP contribution in [0, 0.1) is 20.2 Å². The van der Waals surface area contributed by atoms with E-state index >= 15 is 0 Å². The summed E-state index contributed by atoms with van der Waals surface area (Å²) in [7, 11) is 1.98. The minimum atomic E-state index is -0.657. The van der Waals surface area contributed by atoms with Crippen LogP contribution in [0.25, 0.3) is 0 Å². The average molecular weight is 497 g/mol. The molecule has 1 aromatic heterocycles. The number of aryl methyl sites for hydroxylation is 1. The Hall–Kier alpha value is -2.63. The monoisotopic (exact) mass is 497 g/mol. The van der Waals surface area contributed by atoms with Crippen molar-refractivity contribution in [3.63, 3.8) is 0 Å². The highest BCUT2D eigenvalue weighted by Crippen LogP contribution is 2.31. The Morgan fingerprint density at radius 2 is 1.93 bits per heavy atom. The quantitative estimate of drug-likeness (QED) is 0.279. The molecule has 1 unspecified atom stereocenters. The fourth-order valence-corrected chi connectivity index (χ4v) is 3.36. The highest BCUT2D eigenvalue weighted by atomic mass is 127. The molecule has 10 heteroatoms. The summed E-state index contributed by atoms with van der Waals surface area (Å²) >= 11 is 0. The maximum Gasteiger partial charge on any atom is 0.301 e. The van der Waals surface area contributed by atoms with Crippen molar-refractivity contribution in [2.45, 2.75) is 31.6 Å². The summed E-state index contributed by atoms with van der Waals surface area (Å²) in [5, 5.41) is 26.6. The molecule has 0 saturated heterocycles. The van der Waals surface area contributed by atoms with Crippen LogP contribution >= 0.6 is 0 Å². The first-order valence-electron chi connectivity index (χ1n) is 8.67. The Bertz CT molecular complexity index is 919. The van der Waals surface area contributed by atoms with Crippen LogP contribution in [-0.4, -0.2) is 15.6 Å². The van der Waals surface area contributed by atoms with Crippen molar-refractivity contribution in [2.24, 2.45) is 12.1 Å². The van der Waals surface area contributed by atoms with Crippen molar-refractivity contribution in [3.05, 3.63) is 68.5 Å². The number of aromatic nitrogens is 1. The maximum absolute atomic E-state index is 11.3. The highest BCUT2D eigenvalue weighted by molar-refractivity contribution is 5.91. The lowest BCUT2D eigenvalue weighted by Crippen LogP contribution is -3.00. The first-order chi connectivity index (χ1) is 13.0. The lowest BCUT2D eigenvalue weighted by atomic mass is 9.84. The topological polar surface area (TPSA) is 115 Å². The van der Waals surface area contributed by atoms with Crippen molar-refractivity contribution in [1.29, 1.82) is 0 Å². The summed E-state index contributed by atoms with van der Waals surface area (Å²) in [6.07, 6.45) is 5.84. The fraction of sp³-hybridized carbons (Fsp3) is 0.333. The Morgan fingerprint density at radius 3 is 2.61 bits per heavy atom. The van der Waals surface area contributed by atoms with Crippen LogP contribution in [0.5, 0.6) is 0 Å². The lowest BCUT2D eigenvalue weighted by Gasteiger charge is -2.22. The standard InChI is InChI=1S/C18H20N5O4.HI/c1-21-11-5-4-8-17(21)14-6-2-3-7-15(14)19-20-16-10-9-13(22(24)25)12-18(16)23(26)27;/h4-5,8-12,14,20H,2-3,6-7H2,1H3;1H/q+1;/p-1/b19-15-;. The number of nitro benzene ring substituents is 2. The molecular weight excluding hydrogens is 477 g/mol. The first-order valence-corrected chi connectivity index (χ1v) is 8.67. The molecule has 1 heterocycles. The number of nitrogens with zero attached hydrogens (tertiary/aromatic N) is 4. The highest BCUT2D eigenvalue weighted by Gasteiger charge is 2.28. The largest absolute Gasteiger partial charge is 1.00 e. The smallest absolute Gasteiger partial charge is 0.301 e. The number of hydrogen-bond donors (Lipinski definition) is 1. The molecule has 3 rings (SSSR count). The molecule has 28 heavy (non-hydrogen) atoms. The predicted molar refractivity (Wildman–Crippen MR) is 99.6 cm³/mol. The van der Waals surface area contributed by atoms with Gasteiger partial charge in [0.2, 0.25) is 0 Å². The molecule has 1 aliphatic rings. The van der Waals surface area contributed by atoms with E-state index in [1.165, 1.54) is 12.1 Å². The van der Waals surface area contributed by atoms with E-state index in [-0.39, 0.29) is 47.0 Å². The Labute approximate surface area is 178 Å². The van der Waals surface area contributed by atoms with Crippen molar-refractivity contribution >= 4 is 22.8 Å². The number of hydrogen-bond acceptors (Lipinski definition) is 6. The molecule has 0 bridgehead atoms. The number of hydrazone groups is 1. The van der Waals surface area contributed by atoms with Crippen LogP contribution < -0.4 is 34.0 Å². The third-order valence-corrected chi connectivity index (χ3v) is 4.74. The summed E-state index contributed by atoms with van der Waals surface area (Å²) in [5.74, 6) is 0.134. The molecule has 0 spiro atoms. The summed E-state index contributed by atoms with van der Waals surface area (Å²) in [6, 6.07) is 9.49. The zero-order chi connectivity index (χ0) is 19.4. The van der Waals surface area contributed by atoms with Gasteiger partial charge in [0.1, 0.15) is 12.7 Å². The molecule has 1 atom stereocenters. The second kappa shape index (κ2) is 9.53. The van der Waals surface area contributed by atoms with E-state index in [1.807, 2.05) is 25.4 Å². The zero-order valence-corrected chi connectivity index (χ0v) is 17.4. The van der Waals surface area contributed by atoms with Crippen LogP contribution in [0.2, 0.25) is 0 Å². The second-order valence-electron chi connectivity index (χ2n) is 6.47. The third-order valence-electron chi connectivity index (χ3n) is 4.74. The van der Waals surface area contributed by atoms with E-state index in [0.717, 1.165) is 43.2 Å². The van der Waals surface area contributed by atoms with Gasteiger partial charge in [-0.3, -0.25) is 25.7 Å². The summed E-state index contributed by atoms with van der Waals surface area (Å²) in [5.41, 5.74) is 4.27. The van der Waals surface area contributed by atoms with Gasteiger partial charge in [-0.25, -0.2) is 4.57 Å². The van der Waals surface area contributed by atoms with Gasteiger partial charge >= 0.3 is 5.69 Å². The van der Waals surface area contributed by atoms with Crippen molar-refractivity contribution in [3.8, 4) is 0 Å². The van der Waals surface area contributed by atoms with Gasteiger partial charge in [0, 0.05) is 18.2 Å². The van der Waals surface area contributed by atoms with E-state index in [0.29, 0.717) is 0 Å². The molecule has 1 aliphatic carbocycles. The van der Waals surface area contributed by atoms with Gasteiger partial charge in [0.05, 0.1) is 27.5 Å². The van der Waals surface area contributed by atoms with E-state index < -0.39 is 9.85 Å². The molecule has 2 aromatic rings. The number of nitro groups is 2. The number of halogens is 1. The van der Waals surface area contributed by atoms with Crippen molar-refractivity contribution in [2.75, 3.05) is 5.43 Å². The first kappa shape index (κ1) is 21.7. The van der Waals surface area contributed by atoms with Crippen molar-refractivity contribution in [1.82, 2.24) is 0 Å². The Kier molecular flexibility index (Phi) is 7.38. The average Bonchev–Trinajstić information content (AvgIpc) is 2.67. The molecule has 148 valence electrons. The Balaban J connectivity index is 0.00000280. The Morgan fingerprint density at radius 1 is 1.14 bits per heavy atom. The minimum absolute atomic E-state index is 0. The van der Waals surface area contributed by atoms with Gasteiger partial charge < -0.3 is 24.0 Å². The zero-order valence-electron chi connectivity index (χ0n) is 15.2. The fourth-order valence-electron chi connectivity index (χ4n) is 3.36. The van der Waals surface area contributed by atoms with E-state index in [4.69, 9.17) is 0 Å². The van der Waals surface area contributed by atoms with E-state index in [1.54, 1.807) is 0 Å². The van der Waals surface area contributed by atoms with Crippen LogP contribution in [0.3, 0.4) is 0 Å².